The molecule has 1 aliphatic rings. The molecule has 1 aliphatic carbocycles. The zero-order valence-electron chi connectivity index (χ0n) is 9.31. The summed E-state index contributed by atoms with van der Waals surface area (Å²) in [6.07, 6.45) is -2.83. The first-order valence-corrected chi connectivity index (χ1v) is 5.48. The molecular formula is C12H10F4O2. The van der Waals surface area contributed by atoms with E-state index in [2.05, 4.69) is 4.74 Å². The van der Waals surface area contributed by atoms with E-state index in [4.69, 9.17) is 0 Å². The van der Waals surface area contributed by atoms with E-state index in [0.29, 0.717) is 18.4 Å². The van der Waals surface area contributed by atoms with Crippen LogP contribution in [0, 0.1) is 5.82 Å². The average Bonchev–Trinajstić information content (AvgIpc) is 2.40. The summed E-state index contributed by atoms with van der Waals surface area (Å²) in [7, 11) is 0. The number of alkyl halides is 3. The van der Waals surface area contributed by atoms with Gasteiger partial charge in [0.05, 0.1) is 0 Å². The van der Waals surface area contributed by atoms with Gasteiger partial charge < -0.3 is 4.74 Å². The van der Waals surface area contributed by atoms with Crippen molar-refractivity contribution in [1.82, 2.24) is 0 Å². The molecule has 1 aromatic carbocycles. The van der Waals surface area contributed by atoms with Crippen LogP contribution in [0.25, 0.3) is 0 Å². The zero-order valence-corrected chi connectivity index (χ0v) is 9.31. The molecule has 0 N–H and O–H groups in total. The Balaban J connectivity index is 2.42. The third-order valence-electron chi connectivity index (χ3n) is 2.78. The third kappa shape index (κ3) is 2.80. The summed E-state index contributed by atoms with van der Waals surface area (Å²) in [5.74, 6) is -2.31. The van der Waals surface area contributed by atoms with E-state index >= 15 is 0 Å². The number of benzene rings is 1. The Morgan fingerprint density at radius 2 is 1.78 bits per heavy atom. The minimum absolute atomic E-state index is 0.133. The molecule has 0 unspecified atom stereocenters. The van der Waals surface area contributed by atoms with Gasteiger partial charge in [0.15, 0.2) is 17.3 Å². The number of carbonyl (C=O) groups is 1. The van der Waals surface area contributed by atoms with Crippen LogP contribution in [0.1, 0.15) is 35.2 Å². The second-order valence-electron chi connectivity index (χ2n) is 4.12. The maximum atomic E-state index is 13.4. The SMILES string of the molecule is O=C1CCCCc2cc(F)c(OC(F)(F)F)cc21. The quantitative estimate of drug-likeness (QED) is 0.570. The highest BCUT2D eigenvalue weighted by molar-refractivity contribution is 5.98. The number of carbonyl (C=O) groups excluding carboxylic acids is 1. The van der Waals surface area contributed by atoms with E-state index in [-0.39, 0.29) is 17.8 Å². The molecule has 0 fully saturated rings. The lowest BCUT2D eigenvalue weighted by atomic mass is 10.0. The molecule has 0 aromatic heterocycles. The van der Waals surface area contributed by atoms with E-state index in [0.717, 1.165) is 18.6 Å². The van der Waals surface area contributed by atoms with Gasteiger partial charge in [0, 0.05) is 12.0 Å². The third-order valence-corrected chi connectivity index (χ3v) is 2.78. The van der Waals surface area contributed by atoms with Crippen molar-refractivity contribution in [3.05, 3.63) is 29.1 Å². The van der Waals surface area contributed by atoms with Crippen LogP contribution < -0.4 is 4.74 Å². The molecule has 98 valence electrons. The lowest BCUT2D eigenvalue weighted by Gasteiger charge is -2.12. The molecule has 0 heterocycles. The van der Waals surface area contributed by atoms with Crippen molar-refractivity contribution >= 4 is 5.78 Å². The number of rotatable bonds is 1. The number of hydrogen-bond acceptors (Lipinski definition) is 2. The monoisotopic (exact) mass is 262 g/mol. The van der Waals surface area contributed by atoms with Gasteiger partial charge >= 0.3 is 6.36 Å². The van der Waals surface area contributed by atoms with Crippen LogP contribution in [-0.4, -0.2) is 12.1 Å². The zero-order chi connectivity index (χ0) is 13.3. The van der Waals surface area contributed by atoms with Crippen molar-refractivity contribution in [3.8, 4) is 5.75 Å². The summed E-state index contributed by atoms with van der Waals surface area (Å²) >= 11 is 0. The van der Waals surface area contributed by atoms with Gasteiger partial charge in [-0.25, -0.2) is 4.39 Å². The van der Waals surface area contributed by atoms with Crippen LogP contribution in [0.2, 0.25) is 0 Å². The van der Waals surface area contributed by atoms with Crippen LogP contribution >= 0.6 is 0 Å². The average molecular weight is 262 g/mol. The summed E-state index contributed by atoms with van der Waals surface area (Å²) < 4.78 is 53.2. The summed E-state index contributed by atoms with van der Waals surface area (Å²) in [4.78, 5) is 11.7. The Labute approximate surface area is 101 Å². The molecule has 0 bridgehead atoms. The smallest absolute Gasteiger partial charge is 0.403 e. The highest BCUT2D eigenvalue weighted by Crippen LogP contribution is 2.31. The Kier molecular flexibility index (Phi) is 3.28. The summed E-state index contributed by atoms with van der Waals surface area (Å²) in [6.45, 7) is 0. The van der Waals surface area contributed by atoms with E-state index in [1.807, 2.05) is 0 Å². The summed E-state index contributed by atoms with van der Waals surface area (Å²) in [5.41, 5.74) is 0.581. The van der Waals surface area contributed by atoms with Gasteiger partial charge in [-0.05, 0) is 37.0 Å². The van der Waals surface area contributed by atoms with Crippen molar-refractivity contribution in [1.29, 1.82) is 0 Å². The number of fused-ring (bicyclic) bond motifs is 1. The number of aryl methyl sites for hydroxylation is 1. The Morgan fingerprint density at radius 3 is 2.44 bits per heavy atom. The molecule has 0 spiro atoms. The topological polar surface area (TPSA) is 26.3 Å². The van der Waals surface area contributed by atoms with Crippen molar-refractivity contribution < 1.29 is 27.1 Å². The van der Waals surface area contributed by atoms with Gasteiger partial charge in [-0.2, -0.15) is 0 Å². The Morgan fingerprint density at radius 1 is 1.11 bits per heavy atom. The second kappa shape index (κ2) is 4.59. The maximum Gasteiger partial charge on any atom is 0.573 e. The van der Waals surface area contributed by atoms with Crippen LogP contribution in [0.4, 0.5) is 17.6 Å². The normalized spacial score (nSPS) is 16.1. The van der Waals surface area contributed by atoms with Gasteiger partial charge in [0.2, 0.25) is 0 Å². The molecular weight excluding hydrogens is 252 g/mol. The highest BCUT2D eigenvalue weighted by atomic mass is 19.4. The number of Topliss-reactive ketones (excluding diaryl/α,β-unsaturated/α-hetero) is 1. The number of halogens is 4. The van der Waals surface area contributed by atoms with Crippen molar-refractivity contribution in [2.75, 3.05) is 0 Å². The summed E-state index contributed by atoms with van der Waals surface area (Å²) in [5, 5.41) is 0. The lowest BCUT2D eigenvalue weighted by molar-refractivity contribution is -0.275. The predicted molar refractivity (Wildman–Crippen MR) is 55.0 cm³/mol. The largest absolute Gasteiger partial charge is 0.573 e. The fourth-order valence-corrected chi connectivity index (χ4v) is 2.00. The molecule has 0 aliphatic heterocycles. The van der Waals surface area contributed by atoms with E-state index in [1.54, 1.807) is 0 Å². The number of hydrogen-bond donors (Lipinski definition) is 0. The predicted octanol–water partition coefficient (Wildman–Crippen LogP) is 3.63. The first-order valence-electron chi connectivity index (χ1n) is 5.48. The summed E-state index contributed by atoms with van der Waals surface area (Å²) in [6, 6.07) is 1.81. The minimum atomic E-state index is -4.97. The Hall–Kier alpha value is -1.59. The van der Waals surface area contributed by atoms with Gasteiger partial charge in [0.25, 0.3) is 0 Å². The van der Waals surface area contributed by atoms with E-state index in [9.17, 15) is 22.4 Å². The van der Waals surface area contributed by atoms with Crippen LogP contribution in [-0.2, 0) is 6.42 Å². The molecule has 1 aromatic rings. The molecule has 6 heteroatoms. The molecule has 2 rings (SSSR count). The number of ether oxygens (including phenoxy) is 1. The maximum absolute atomic E-state index is 13.4. The van der Waals surface area contributed by atoms with Crippen molar-refractivity contribution in [2.24, 2.45) is 0 Å². The van der Waals surface area contributed by atoms with Gasteiger partial charge in [0.1, 0.15) is 0 Å². The van der Waals surface area contributed by atoms with Crippen molar-refractivity contribution in [2.45, 2.75) is 32.0 Å². The second-order valence-corrected chi connectivity index (χ2v) is 4.12. The number of ketones is 1. The first kappa shape index (κ1) is 12.9. The molecule has 0 amide bonds. The van der Waals surface area contributed by atoms with Gasteiger partial charge in [-0.15, -0.1) is 13.2 Å². The molecule has 0 atom stereocenters. The molecule has 0 saturated heterocycles. The Bertz CT molecular complexity index is 480. The van der Waals surface area contributed by atoms with E-state index in [1.165, 1.54) is 0 Å². The molecule has 18 heavy (non-hydrogen) atoms. The molecule has 0 radical (unpaired) electrons. The first-order chi connectivity index (χ1) is 8.37. The van der Waals surface area contributed by atoms with Crippen LogP contribution in [0.5, 0.6) is 5.75 Å². The van der Waals surface area contributed by atoms with Crippen molar-refractivity contribution in [3.63, 3.8) is 0 Å². The highest BCUT2D eigenvalue weighted by Gasteiger charge is 2.33. The van der Waals surface area contributed by atoms with Gasteiger partial charge in [-0.3, -0.25) is 4.79 Å². The fraction of sp³-hybridized carbons (Fsp3) is 0.417. The molecule has 0 saturated carbocycles. The van der Waals surface area contributed by atoms with Gasteiger partial charge in [-0.1, -0.05) is 0 Å². The standard InChI is InChI=1S/C12H10F4O2/c13-9-5-7-3-1-2-4-10(17)8(7)6-11(9)18-12(14,15)16/h5-6H,1-4H2. The molecule has 2 nitrogen and oxygen atoms in total. The fourth-order valence-electron chi connectivity index (χ4n) is 2.00. The van der Waals surface area contributed by atoms with E-state index < -0.39 is 17.9 Å². The minimum Gasteiger partial charge on any atom is -0.403 e. The van der Waals surface area contributed by atoms with Crippen LogP contribution in [0.3, 0.4) is 0 Å². The lowest BCUT2D eigenvalue weighted by Crippen LogP contribution is -2.18. The van der Waals surface area contributed by atoms with Crippen LogP contribution in [0.15, 0.2) is 12.1 Å².